The maximum Gasteiger partial charge on any atom is 0.286 e. The molecule has 1 aliphatic rings. The van der Waals surface area contributed by atoms with Crippen molar-refractivity contribution < 1.29 is 8.42 Å². The highest BCUT2D eigenvalue weighted by atomic mass is 35.5. The third-order valence-electron chi connectivity index (χ3n) is 2.50. The number of benzene rings is 1. The fourth-order valence-corrected chi connectivity index (χ4v) is 2.98. The summed E-state index contributed by atoms with van der Waals surface area (Å²) in [5, 5.41) is 3.52. The Bertz CT molecular complexity index is 567. The van der Waals surface area contributed by atoms with Crippen molar-refractivity contribution in [3.05, 3.63) is 23.2 Å². The van der Waals surface area contributed by atoms with E-state index in [4.69, 9.17) is 11.6 Å². The molecule has 17 heavy (non-hydrogen) atoms. The lowest BCUT2D eigenvalue weighted by molar-refractivity contribution is 0.597. The van der Waals surface area contributed by atoms with Crippen molar-refractivity contribution in [3.63, 3.8) is 0 Å². The van der Waals surface area contributed by atoms with Gasteiger partial charge in [-0.15, -0.1) is 4.40 Å². The standard InChI is InChI=1S/C11H13ClN2O2S/c1-2-3-4-11-13-9-7-8(12)5-6-10(9)17(15,16)14-11/h5-7H,2-4H2,1H3,(H,13,14). The Hall–Kier alpha value is -1.07. The lowest BCUT2D eigenvalue weighted by Crippen LogP contribution is -2.21. The summed E-state index contributed by atoms with van der Waals surface area (Å²) in [5.74, 6) is 0.488. The summed E-state index contributed by atoms with van der Waals surface area (Å²) in [6.07, 6.45) is 2.52. The molecule has 0 amide bonds. The number of unbranched alkanes of at least 4 members (excludes halogenated alkanes) is 1. The van der Waals surface area contributed by atoms with E-state index in [0.29, 0.717) is 23.0 Å². The minimum Gasteiger partial charge on any atom is -0.342 e. The van der Waals surface area contributed by atoms with Crippen LogP contribution < -0.4 is 5.32 Å². The monoisotopic (exact) mass is 272 g/mol. The lowest BCUT2D eigenvalue weighted by atomic mass is 10.2. The van der Waals surface area contributed by atoms with E-state index in [0.717, 1.165) is 12.8 Å². The number of rotatable bonds is 3. The second-order valence-electron chi connectivity index (χ2n) is 3.88. The van der Waals surface area contributed by atoms with Crippen LogP contribution in [0.15, 0.2) is 27.5 Å². The quantitative estimate of drug-likeness (QED) is 0.920. The first-order valence-electron chi connectivity index (χ1n) is 5.43. The highest BCUT2D eigenvalue weighted by Crippen LogP contribution is 2.30. The molecule has 2 rings (SSSR count). The number of halogens is 1. The molecule has 1 aromatic carbocycles. The average molecular weight is 273 g/mol. The van der Waals surface area contributed by atoms with E-state index in [9.17, 15) is 8.42 Å². The molecule has 0 aromatic heterocycles. The van der Waals surface area contributed by atoms with E-state index in [1.807, 2.05) is 6.92 Å². The predicted molar refractivity (Wildman–Crippen MR) is 69.2 cm³/mol. The van der Waals surface area contributed by atoms with Crippen molar-refractivity contribution in [1.82, 2.24) is 0 Å². The SMILES string of the molecule is CCCCC1=NS(=O)(=O)c2ccc(Cl)cc2N1. The van der Waals surface area contributed by atoms with Crippen LogP contribution in [0.4, 0.5) is 5.69 Å². The Morgan fingerprint density at radius 2 is 2.18 bits per heavy atom. The number of sulfonamides is 1. The number of hydrogen-bond donors (Lipinski definition) is 1. The van der Waals surface area contributed by atoms with Gasteiger partial charge in [0.1, 0.15) is 10.7 Å². The van der Waals surface area contributed by atoms with E-state index in [2.05, 4.69) is 9.71 Å². The Balaban J connectivity index is 2.40. The summed E-state index contributed by atoms with van der Waals surface area (Å²) in [6.45, 7) is 2.04. The third-order valence-corrected chi connectivity index (χ3v) is 4.10. The van der Waals surface area contributed by atoms with Crippen LogP contribution in [-0.2, 0) is 10.0 Å². The summed E-state index contributed by atoms with van der Waals surface area (Å²) >= 11 is 5.85. The highest BCUT2D eigenvalue weighted by Gasteiger charge is 2.24. The molecule has 6 heteroatoms. The number of hydrogen-bond acceptors (Lipinski definition) is 3. The number of fused-ring (bicyclic) bond motifs is 1. The average Bonchev–Trinajstić information content (AvgIpc) is 2.24. The summed E-state index contributed by atoms with van der Waals surface area (Å²) < 4.78 is 27.5. The van der Waals surface area contributed by atoms with Crippen molar-refractivity contribution in [3.8, 4) is 0 Å². The van der Waals surface area contributed by atoms with Gasteiger partial charge in [-0.1, -0.05) is 24.9 Å². The van der Waals surface area contributed by atoms with E-state index >= 15 is 0 Å². The highest BCUT2D eigenvalue weighted by molar-refractivity contribution is 7.90. The summed E-state index contributed by atoms with van der Waals surface area (Å²) in [5.41, 5.74) is 0.513. The summed E-state index contributed by atoms with van der Waals surface area (Å²) in [4.78, 5) is 0.183. The number of amidine groups is 1. The van der Waals surface area contributed by atoms with E-state index in [-0.39, 0.29) is 4.90 Å². The molecule has 0 saturated carbocycles. The molecule has 92 valence electrons. The van der Waals surface area contributed by atoms with Gasteiger partial charge in [-0.05, 0) is 24.6 Å². The largest absolute Gasteiger partial charge is 0.342 e. The van der Waals surface area contributed by atoms with Crippen LogP contribution in [0.2, 0.25) is 5.02 Å². The van der Waals surface area contributed by atoms with Gasteiger partial charge in [-0.2, -0.15) is 8.42 Å². The van der Waals surface area contributed by atoms with Crippen molar-refractivity contribution in [1.29, 1.82) is 0 Å². The lowest BCUT2D eigenvalue weighted by Gasteiger charge is -2.18. The van der Waals surface area contributed by atoms with Gasteiger partial charge in [0, 0.05) is 11.4 Å². The van der Waals surface area contributed by atoms with E-state index in [1.54, 1.807) is 12.1 Å². The summed E-state index contributed by atoms with van der Waals surface area (Å²) in [7, 11) is -3.57. The maximum atomic E-state index is 11.9. The first-order valence-corrected chi connectivity index (χ1v) is 7.25. The van der Waals surface area contributed by atoms with Crippen LogP contribution in [0.1, 0.15) is 26.2 Å². The fraction of sp³-hybridized carbons (Fsp3) is 0.364. The topological polar surface area (TPSA) is 58.5 Å². The van der Waals surface area contributed by atoms with Crippen LogP contribution in [0.3, 0.4) is 0 Å². The molecule has 4 nitrogen and oxygen atoms in total. The van der Waals surface area contributed by atoms with E-state index in [1.165, 1.54) is 6.07 Å². The van der Waals surface area contributed by atoms with Gasteiger partial charge in [-0.3, -0.25) is 0 Å². The number of nitrogens with one attached hydrogen (secondary N) is 1. The van der Waals surface area contributed by atoms with Crippen molar-refractivity contribution >= 4 is 33.1 Å². The van der Waals surface area contributed by atoms with Crippen LogP contribution in [0.25, 0.3) is 0 Å². The van der Waals surface area contributed by atoms with Crippen molar-refractivity contribution in [2.45, 2.75) is 31.1 Å². The minimum absolute atomic E-state index is 0.183. The van der Waals surface area contributed by atoms with Crippen molar-refractivity contribution in [2.75, 3.05) is 5.32 Å². The molecule has 0 spiro atoms. The van der Waals surface area contributed by atoms with Gasteiger partial charge in [-0.25, -0.2) is 0 Å². The molecular weight excluding hydrogens is 260 g/mol. The van der Waals surface area contributed by atoms with Gasteiger partial charge >= 0.3 is 0 Å². The van der Waals surface area contributed by atoms with Crippen LogP contribution in [0.5, 0.6) is 0 Å². The molecule has 0 radical (unpaired) electrons. The second kappa shape index (κ2) is 4.66. The molecule has 0 atom stereocenters. The molecule has 1 aliphatic heterocycles. The Labute approximate surface area is 106 Å². The smallest absolute Gasteiger partial charge is 0.286 e. The summed E-state index contributed by atoms with van der Waals surface area (Å²) in [6, 6.07) is 4.63. The van der Waals surface area contributed by atoms with Crippen LogP contribution in [-0.4, -0.2) is 14.3 Å². The molecule has 0 bridgehead atoms. The fourth-order valence-electron chi connectivity index (χ4n) is 1.65. The maximum absolute atomic E-state index is 11.9. The van der Waals surface area contributed by atoms with Gasteiger partial charge in [0.15, 0.2) is 0 Å². The Morgan fingerprint density at radius 3 is 2.88 bits per heavy atom. The Morgan fingerprint density at radius 1 is 1.41 bits per heavy atom. The molecular formula is C11H13ClN2O2S. The zero-order chi connectivity index (χ0) is 12.5. The zero-order valence-electron chi connectivity index (χ0n) is 9.40. The third kappa shape index (κ3) is 2.61. The minimum atomic E-state index is -3.57. The number of anilines is 1. The van der Waals surface area contributed by atoms with Gasteiger partial charge in [0.05, 0.1) is 5.69 Å². The van der Waals surface area contributed by atoms with Crippen LogP contribution in [0, 0.1) is 0 Å². The normalized spacial score (nSPS) is 16.9. The first kappa shape index (κ1) is 12.4. The van der Waals surface area contributed by atoms with Gasteiger partial charge in [0.25, 0.3) is 10.0 Å². The molecule has 1 heterocycles. The molecule has 0 fully saturated rings. The van der Waals surface area contributed by atoms with Crippen LogP contribution >= 0.6 is 11.6 Å². The molecule has 1 aromatic rings. The first-order chi connectivity index (χ1) is 8.03. The molecule has 0 unspecified atom stereocenters. The predicted octanol–water partition coefficient (Wildman–Crippen LogP) is 3.04. The molecule has 0 aliphatic carbocycles. The Kier molecular flexibility index (Phi) is 3.40. The zero-order valence-corrected chi connectivity index (χ0v) is 11.0. The molecule has 0 saturated heterocycles. The number of nitrogens with zero attached hydrogens (tertiary/aromatic N) is 1. The second-order valence-corrected chi connectivity index (χ2v) is 5.89. The molecule has 1 N–H and O–H groups in total. The van der Waals surface area contributed by atoms with E-state index < -0.39 is 10.0 Å². The van der Waals surface area contributed by atoms with Gasteiger partial charge in [0.2, 0.25) is 0 Å². The van der Waals surface area contributed by atoms with Gasteiger partial charge < -0.3 is 5.32 Å². The van der Waals surface area contributed by atoms with Crippen molar-refractivity contribution in [2.24, 2.45) is 4.40 Å².